The van der Waals surface area contributed by atoms with Gasteiger partial charge in [-0.1, -0.05) is 48.9 Å². The number of likely N-dealkylation sites (tertiary alicyclic amines) is 2. The Bertz CT molecular complexity index is 751. The van der Waals surface area contributed by atoms with Gasteiger partial charge in [-0.05, 0) is 50.0 Å². The molecule has 2 fully saturated rings. The molecule has 0 aromatic heterocycles. The summed E-state index contributed by atoms with van der Waals surface area (Å²) in [6.45, 7) is 7.76. The van der Waals surface area contributed by atoms with Crippen molar-refractivity contribution in [3.8, 4) is 11.8 Å². The Kier molecular flexibility index (Phi) is 5.94. The standard InChI is InChI=1S/C22H27ClN2O/c1-22(2)17-25(21(26)24-13-4-3-5-14-24)15-12-19(22)10-6-8-18-9-7-11-20(23)16-18/h7,9-11,16H,3-5,12-15,17H2,1-2H3/b19-10+. The van der Waals surface area contributed by atoms with Crippen molar-refractivity contribution in [2.45, 2.75) is 39.5 Å². The van der Waals surface area contributed by atoms with E-state index >= 15 is 0 Å². The van der Waals surface area contributed by atoms with Gasteiger partial charge in [-0.25, -0.2) is 4.79 Å². The summed E-state index contributed by atoms with van der Waals surface area (Å²) in [6, 6.07) is 7.81. The van der Waals surface area contributed by atoms with Crippen molar-refractivity contribution < 1.29 is 4.79 Å². The second-order valence-electron chi connectivity index (χ2n) is 7.83. The lowest BCUT2D eigenvalue weighted by atomic mass is 9.79. The molecule has 0 N–H and O–H groups in total. The molecular formula is C22H27ClN2O. The predicted octanol–water partition coefficient (Wildman–Crippen LogP) is 4.96. The Morgan fingerprint density at radius 1 is 1.15 bits per heavy atom. The molecule has 0 unspecified atom stereocenters. The van der Waals surface area contributed by atoms with E-state index in [4.69, 9.17) is 11.6 Å². The fourth-order valence-corrected chi connectivity index (χ4v) is 3.93. The van der Waals surface area contributed by atoms with Gasteiger partial charge in [-0.2, -0.15) is 0 Å². The third-order valence-corrected chi connectivity index (χ3v) is 5.53. The first kappa shape index (κ1) is 18.9. The van der Waals surface area contributed by atoms with E-state index in [9.17, 15) is 4.79 Å². The van der Waals surface area contributed by atoms with Crippen LogP contribution in [-0.2, 0) is 0 Å². The number of carbonyl (C=O) groups excluding carboxylic acids is 1. The number of benzene rings is 1. The number of allylic oxidation sites excluding steroid dienone is 1. The second kappa shape index (κ2) is 8.18. The van der Waals surface area contributed by atoms with Gasteiger partial charge < -0.3 is 9.80 Å². The number of hydrogen-bond donors (Lipinski definition) is 0. The predicted molar refractivity (Wildman–Crippen MR) is 107 cm³/mol. The molecule has 3 nitrogen and oxygen atoms in total. The highest BCUT2D eigenvalue weighted by atomic mass is 35.5. The zero-order valence-corrected chi connectivity index (χ0v) is 16.5. The first-order valence-corrected chi connectivity index (χ1v) is 9.84. The lowest BCUT2D eigenvalue weighted by Crippen LogP contribution is -2.51. The van der Waals surface area contributed by atoms with Crippen LogP contribution in [-0.4, -0.2) is 42.0 Å². The molecule has 1 aromatic carbocycles. The average molecular weight is 371 g/mol. The molecule has 0 radical (unpaired) electrons. The number of amides is 2. The molecule has 0 bridgehead atoms. The Morgan fingerprint density at radius 3 is 2.62 bits per heavy atom. The smallest absolute Gasteiger partial charge is 0.320 e. The lowest BCUT2D eigenvalue weighted by Gasteiger charge is -2.42. The van der Waals surface area contributed by atoms with Gasteiger partial charge in [0.1, 0.15) is 0 Å². The molecule has 2 aliphatic rings. The molecule has 2 saturated heterocycles. The number of halogens is 1. The normalized spacial score (nSPS) is 21.3. The van der Waals surface area contributed by atoms with Gasteiger partial charge in [0.2, 0.25) is 0 Å². The Balaban J connectivity index is 1.66. The highest BCUT2D eigenvalue weighted by molar-refractivity contribution is 6.30. The molecule has 0 saturated carbocycles. The van der Waals surface area contributed by atoms with Gasteiger partial charge in [-0.3, -0.25) is 0 Å². The first-order valence-electron chi connectivity index (χ1n) is 9.46. The summed E-state index contributed by atoms with van der Waals surface area (Å²) in [5.74, 6) is 6.33. The van der Waals surface area contributed by atoms with Crippen LogP contribution in [0.25, 0.3) is 0 Å². The van der Waals surface area contributed by atoms with Crippen LogP contribution in [0.4, 0.5) is 4.79 Å². The summed E-state index contributed by atoms with van der Waals surface area (Å²) in [5, 5.41) is 0.703. The maximum absolute atomic E-state index is 12.8. The van der Waals surface area contributed by atoms with Crippen molar-refractivity contribution in [2.75, 3.05) is 26.2 Å². The topological polar surface area (TPSA) is 23.6 Å². The second-order valence-corrected chi connectivity index (χ2v) is 8.27. The maximum atomic E-state index is 12.8. The number of urea groups is 1. The lowest BCUT2D eigenvalue weighted by molar-refractivity contribution is 0.118. The van der Waals surface area contributed by atoms with Crippen molar-refractivity contribution in [2.24, 2.45) is 5.41 Å². The zero-order valence-electron chi connectivity index (χ0n) is 15.7. The van der Waals surface area contributed by atoms with Crippen LogP contribution < -0.4 is 0 Å². The molecule has 0 spiro atoms. The third kappa shape index (κ3) is 4.62. The molecule has 2 amide bonds. The Morgan fingerprint density at radius 2 is 1.92 bits per heavy atom. The number of piperidine rings is 2. The number of hydrogen-bond acceptors (Lipinski definition) is 1. The van der Waals surface area contributed by atoms with Crippen LogP contribution in [0.3, 0.4) is 0 Å². The van der Waals surface area contributed by atoms with Crippen LogP contribution in [0.1, 0.15) is 45.1 Å². The number of rotatable bonds is 0. The van der Waals surface area contributed by atoms with E-state index in [1.807, 2.05) is 40.1 Å². The van der Waals surface area contributed by atoms with Crippen molar-refractivity contribution in [1.82, 2.24) is 9.80 Å². The molecule has 138 valence electrons. The average Bonchev–Trinajstić information content (AvgIpc) is 2.63. The van der Waals surface area contributed by atoms with Crippen molar-refractivity contribution in [3.63, 3.8) is 0 Å². The van der Waals surface area contributed by atoms with E-state index in [-0.39, 0.29) is 11.4 Å². The van der Waals surface area contributed by atoms with Crippen molar-refractivity contribution in [1.29, 1.82) is 0 Å². The minimum atomic E-state index is -0.0489. The summed E-state index contributed by atoms with van der Waals surface area (Å²) in [4.78, 5) is 16.8. The molecule has 0 atom stereocenters. The van der Waals surface area contributed by atoms with Gasteiger partial charge >= 0.3 is 6.03 Å². The minimum absolute atomic E-state index is 0.0489. The van der Waals surface area contributed by atoms with Crippen LogP contribution in [0, 0.1) is 17.3 Å². The minimum Gasteiger partial charge on any atom is -0.325 e. The van der Waals surface area contributed by atoms with Gasteiger partial charge in [0.25, 0.3) is 0 Å². The molecule has 2 heterocycles. The fourth-order valence-electron chi connectivity index (χ4n) is 3.74. The third-order valence-electron chi connectivity index (χ3n) is 5.29. The summed E-state index contributed by atoms with van der Waals surface area (Å²) in [7, 11) is 0. The van der Waals surface area contributed by atoms with Crippen LogP contribution >= 0.6 is 11.6 Å². The maximum Gasteiger partial charge on any atom is 0.320 e. The molecule has 2 aliphatic heterocycles. The monoisotopic (exact) mass is 370 g/mol. The molecule has 0 aliphatic carbocycles. The van der Waals surface area contributed by atoms with Crippen molar-refractivity contribution >= 4 is 17.6 Å². The van der Waals surface area contributed by atoms with E-state index in [1.54, 1.807) is 0 Å². The van der Waals surface area contributed by atoms with Gasteiger partial charge in [0.05, 0.1) is 0 Å². The van der Waals surface area contributed by atoms with Crippen LogP contribution in [0.2, 0.25) is 5.02 Å². The summed E-state index contributed by atoms with van der Waals surface area (Å²) in [5.41, 5.74) is 2.19. The Hall–Kier alpha value is -1.92. The quantitative estimate of drug-likeness (QED) is 0.592. The first-order chi connectivity index (χ1) is 12.5. The van der Waals surface area contributed by atoms with Gasteiger partial charge in [-0.15, -0.1) is 0 Å². The van der Waals surface area contributed by atoms with Gasteiger partial charge in [0, 0.05) is 42.2 Å². The number of nitrogens with zero attached hydrogens (tertiary/aromatic N) is 2. The molecule has 4 heteroatoms. The molecular weight excluding hydrogens is 344 g/mol. The van der Waals surface area contributed by atoms with E-state index in [1.165, 1.54) is 12.0 Å². The van der Waals surface area contributed by atoms with E-state index in [0.717, 1.165) is 51.0 Å². The van der Waals surface area contributed by atoms with Crippen LogP contribution in [0.15, 0.2) is 35.9 Å². The summed E-state index contributed by atoms with van der Waals surface area (Å²) in [6.07, 6.45) is 6.42. The highest BCUT2D eigenvalue weighted by Gasteiger charge is 2.34. The van der Waals surface area contributed by atoms with Crippen molar-refractivity contribution in [3.05, 3.63) is 46.5 Å². The SMILES string of the molecule is CC1(C)CN(C(=O)N2CCCCC2)CC/C1=C\C#Cc1cccc(Cl)c1. The summed E-state index contributed by atoms with van der Waals surface area (Å²) >= 11 is 6.00. The zero-order chi connectivity index (χ0) is 18.6. The Labute approximate surface area is 162 Å². The van der Waals surface area contributed by atoms with E-state index in [2.05, 4.69) is 25.7 Å². The molecule has 1 aromatic rings. The number of carbonyl (C=O) groups is 1. The largest absolute Gasteiger partial charge is 0.325 e. The van der Waals surface area contributed by atoms with E-state index < -0.39 is 0 Å². The van der Waals surface area contributed by atoms with E-state index in [0.29, 0.717) is 5.02 Å². The summed E-state index contributed by atoms with van der Waals surface area (Å²) < 4.78 is 0. The molecule has 3 rings (SSSR count). The van der Waals surface area contributed by atoms with Gasteiger partial charge in [0.15, 0.2) is 0 Å². The highest BCUT2D eigenvalue weighted by Crippen LogP contribution is 2.34. The van der Waals surface area contributed by atoms with Crippen LogP contribution in [0.5, 0.6) is 0 Å². The molecule has 26 heavy (non-hydrogen) atoms. The fraction of sp³-hybridized carbons (Fsp3) is 0.500.